The molecule has 8 nitrogen and oxygen atoms in total. The maximum absolute atomic E-state index is 12.8. The van der Waals surface area contributed by atoms with E-state index >= 15 is 0 Å². The van der Waals surface area contributed by atoms with Gasteiger partial charge in [0, 0.05) is 13.1 Å². The molecule has 0 aromatic heterocycles. The number of ether oxygens (including phenoxy) is 2. The largest absolute Gasteiger partial charge is 0.497 e. The van der Waals surface area contributed by atoms with E-state index in [1.54, 1.807) is 18.9 Å². The fourth-order valence-corrected chi connectivity index (χ4v) is 4.55. The summed E-state index contributed by atoms with van der Waals surface area (Å²) >= 11 is 0.912. The highest BCUT2D eigenvalue weighted by Crippen LogP contribution is 2.37. The number of nitrogens with zero attached hydrogens (tertiary/aromatic N) is 2. The maximum Gasteiger partial charge on any atom is 0.312 e. The molecule has 0 atom stereocenters. The van der Waals surface area contributed by atoms with Crippen LogP contribution in [0.1, 0.15) is 25.3 Å². The quantitative estimate of drug-likeness (QED) is 0.607. The highest BCUT2D eigenvalue weighted by atomic mass is 32.2. The molecule has 0 N–H and O–H groups in total. The summed E-state index contributed by atoms with van der Waals surface area (Å²) in [4.78, 5) is 51.6. The third-order valence-electron chi connectivity index (χ3n) is 5.62. The molecule has 2 aliphatic rings. The van der Waals surface area contributed by atoms with Crippen molar-refractivity contribution < 1.29 is 28.7 Å². The van der Waals surface area contributed by atoms with Crippen molar-refractivity contribution >= 4 is 34.8 Å². The molecule has 2 fully saturated rings. The molecule has 1 aromatic rings. The van der Waals surface area contributed by atoms with E-state index in [4.69, 9.17) is 9.47 Å². The lowest BCUT2D eigenvalue weighted by Crippen LogP contribution is -2.50. The number of esters is 1. The van der Waals surface area contributed by atoms with Gasteiger partial charge < -0.3 is 14.4 Å². The first-order valence-corrected chi connectivity index (χ1v) is 10.9. The minimum absolute atomic E-state index is 0.0833. The first kappa shape index (κ1) is 22.1. The van der Waals surface area contributed by atoms with Crippen LogP contribution in [0.3, 0.4) is 0 Å². The van der Waals surface area contributed by atoms with Gasteiger partial charge in [-0.1, -0.05) is 23.9 Å². The molecule has 0 bridgehead atoms. The van der Waals surface area contributed by atoms with Gasteiger partial charge in [0.05, 0.1) is 24.9 Å². The molecule has 1 aromatic carbocycles. The van der Waals surface area contributed by atoms with E-state index in [9.17, 15) is 19.2 Å². The van der Waals surface area contributed by atoms with Crippen molar-refractivity contribution in [1.29, 1.82) is 0 Å². The summed E-state index contributed by atoms with van der Waals surface area (Å²) in [5.74, 6) is -0.0421. The van der Waals surface area contributed by atoms with Gasteiger partial charge in [-0.15, -0.1) is 0 Å². The molecular weight excluding hydrogens is 408 g/mol. The Hall–Kier alpha value is -2.55. The third kappa shape index (κ3) is 4.77. The van der Waals surface area contributed by atoms with Crippen LogP contribution in [-0.4, -0.2) is 71.9 Å². The monoisotopic (exact) mass is 434 g/mol. The van der Waals surface area contributed by atoms with Gasteiger partial charge in [0.25, 0.3) is 5.24 Å². The predicted octanol–water partition coefficient (Wildman–Crippen LogP) is 2.10. The molecule has 3 amide bonds. The Kier molecular flexibility index (Phi) is 7.02. The molecule has 0 aliphatic carbocycles. The Bertz CT molecular complexity index is 801. The highest BCUT2D eigenvalue weighted by Gasteiger charge is 2.44. The second-order valence-corrected chi connectivity index (χ2v) is 8.37. The van der Waals surface area contributed by atoms with E-state index < -0.39 is 5.41 Å². The number of benzene rings is 1. The molecule has 0 saturated carbocycles. The zero-order chi connectivity index (χ0) is 21.7. The number of rotatable bonds is 7. The number of imide groups is 1. The minimum Gasteiger partial charge on any atom is -0.497 e. The van der Waals surface area contributed by atoms with Crippen molar-refractivity contribution in [2.24, 2.45) is 5.41 Å². The number of piperidine rings is 1. The lowest BCUT2D eigenvalue weighted by molar-refractivity contribution is -0.160. The van der Waals surface area contributed by atoms with E-state index in [0.717, 1.165) is 28.0 Å². The van der Waals surface area contributed by atoms with Crippen LogP contribution in [-0.2, 0) is 25.5 Å². The number of hydrogen-bond donors (Lipinski definition) is 0. The molecular formula is C21H26N2O6S. The Balaban J connectivity index is 1.67. The second kappa shape index (κ2) is 9.51. The van der Waals surface area contributed by atoms with Crippen molar-refractivity contribution in [2.75, 3.05) is 39.1 Å². The van der Waals surface area contributed by atoms with Crippen molar-refractivity contribution in [3.05, 3.63) is 29.8 Å². The molecule has 2 aliphatic heterocycles. The minimum atomic E-state index is -0.712. The summed E-state index contributed by atoms with van der Waals surface area (Å²) in [6.45, 7) is 2.58. The average molecular weight is 435 g/mol. The Morgan fingerprint density at radius 1 is 1.13 bits per heavy atom. The van der Waals surface area contributed by atoms with Gasteiger partial charge in [-0.3, -0.25) is 24.1 Å². The average Bonchev–Trinajstić information content (AvgIpc) is 3.07. The number of likely N-dealkylation sites (tertiary alicyclic amines) is 1. The molecule has 2 saturated heterocycles. The van der Waals surface area contributed by atoms with Gasteiger partial charge in [-0.2, -0.15) is 0 Å². The first-order chi connectivity index (χ1) is 14.4. The lowest BCUT2D eigenvalue weighted by atomic mass is 9.73. The summed E-state index contributed by atoms with van der Waals surface area (Å²) in [5.41, 5.74) is 0.283. The van der Waals surface area contributed by atoms with Gasteiger partial charge in [0.1, 0.15) is 12.3 Å². The van der Waals surface area contributed by atoms with Crippen LogP contribution >= 0.6 is 11.8 Å². The van der Waals surface area contributed by atoms with E-state index in [1.807, 2.05) is 24.3 Å². The van der Waals surface area contributed by atoms with Crippen LogP contribution < -0.4 is 4.74 Å². The molecule has 3 rings (SSSR count). The Morgan fingerprint density at radius 3 is 2.33 bits per heavy atom. The van der Waals surface area contributed by atoms with E-state index in [1.165, 1.54) is 0 Å². The van der Waals surface area contributed by atoms with Crippen LogP contribution in [0.4, 0.5) is 4.79 Å². The molecule has 0 radical (unpaired) electrons. The fourth-order valence-electron chi connectivity index (χ4n) is 3.82. The fraction of sp³-hybridized carbons (Fsp3) is 0.524. The Morgan fingerprint density at radius 2 is 1.80 bits per heavy atom. The standard InChI is InChI=1S/C21H26N2O6S/c1-3-29-19(26)21(12-15-4-6-16(28-2)7-5-15)8-10-22(11-9-21)17(24)13-23-18(25)14-30-20(23)27/h4-7H,3,8-14H2,1-2H3. The molecule has 9 heteroatoms. The van der Waals surface area contributed by atoms with Crippen molar-refractivity contribution in [3.63, 3.8) is 0 Å². The van der Waals surface area contributed by atoms with E-state index in [-0.39, 0.29) is 35.3 Å². The van der Waals surface area contributed by atoms with Gasteiger partial charge in [0.2, 0.25) is 11.8 Å². The number of amides is 3. The van der Waals surface area contributed by atoms with Crippen molar-refractivity contribution in [2.45, 2.75) is 26.2 Å². The summed E-state index contributed by atoms with van der Waals surface area (Å²) in [6, 6.07) is 7.57. The lowest BCUT2D eigenvalue weighted by Gasteiger charge is -2.40. The highest BCUT2D eigenvalue weighted by molar-refractivity contribution is 8.14. The van der Waals surface area contributed by atoms with Crippen LogP contribution in [0.5, 0.6) is 5.75 Å². The van der Waals surface area contributed by atoms with Crippen LogP contribution in [0.15, 0.2) is 24.3 Å². The first-order valence-electron chi connectivity index (χ1n) is 9.93. The van der Waals surface area contributed by atoms with Crippen molar-refractivity contribution in [3.8, 4) is 5.75 Å². The van der Waals surface area contributed by atoms with E-state index in [0.29, 0.717) is 39.0 Å². The predicted molar refractivity (Wildman–Crippen MR) is 111 cm³/mol. The number of hydrogen-bond acceptors (Lipinski definition) is 7. The number of carbonyl (C=O) groups excluding carboxylic acids is 4. The second-order valence-electron chi connectivity index (χ2n) is 7.44. The van der Waals surface area contributed by atoms with Gasteiger partial charge in [-0.25, -0.2) is 0 Å². The maximum atomic E-state index is 12.8. The van der Waals surface area contributed by atoms with Gasteiger partial charge in [-0.05, 0) is 43.9 Å². The zero-order valence-electron chi connectivity index (χ0n) is 17.2. The summed E-state index contributed by atoms with van der Waals surface area (Å²) < 4.78 is 10.6. The SMILES string of the molecule is CCOC(=O)C1(Cc2ccc(OC)cc2)CCN(C(=O)CN2C(=O)CSC2=O)CC1. The normalized spacial score (nSPS) is 18.5. The molecule has 0 spiro atoms. The summed E-state index contributed by atoms with van der Waals surface area (Å²) in [7, 11) is 1.60. The molecule has 30 heavy (non-hydrogen) atoms. The van der Waals surface area contributed by atoms with Crippen molar-refractivity contribution in [1.82, 2.24) is 9.80 Å². The smallest absolute Gasteiger partial charge is 0.312 e. The summed E-state index contributed by atoms with van der Waals surface area (Å²) in [6.07, 6.45) is 1.43. The number of methoxy groups -OCH3 is 1. The summed E-state index contributed by atoms with van der Waals surface area (Å²) in [5, 5.41) is -0.384. The van der Waals surface area contributed by atoms with E-state index in [2.05, 4.69) is 0 Å². The topological polar surface area (TPSA) is 93.2 Å². The molecule has 0 unspecified atom stereocenters. The molecule has 162 valence electrons. The van der Waals surface area contributed by atoms with Gasteiger partial charge >= 0.3 is 5.97 Å². The van der Waals surface area contributed by atoms with Crippen LogP contribution in [0.25, 0.3) is 0 Å². The zero-order valence-corrected chi connectivity index (χ0v) is 18.0. The number of thioether (sulfide) groups is 1. The van der Waals surface area contributed by atoms with Crippen LogP contribution in [0.2, 0.25) is 0 Å². The number of carbonyl (C=O) groups is 4. The van der Waals surface area contributed by atoms with Gasteiger partial charge in [0.15, 0.2) is 0 Å². The van der Waals surface area contributed by atoms with Crippen LogP contribution in [0, 0.1) is 5.41 Å². The Labute approximate surface area is 179 Å². The molecule has 2 heterocycles. The third-order valence-corrected chi connectivity index (χ3v) is 6.48.